The van der Waals surface area contributed by atoms with Crippen LogP contribution in [0.2, 0.25) is 0 Å². The number of hydrogen-bond donors (Lipinski definition) is 1. The van der Waals surface area contributed by atoms with Crippen molar-refractivity contribution < 1.29 is 9.18 Å². The molecule has 1 amide bonds. The van der Waals surface area contributed by atoms with E-state index < -0.39 is 17.3 Å². The third-order valence-corrected chi connectivity index (χ3v) is 3.05. The van der Waals surface area contributed by atoms with Gasteiger partial charge in [0.15, 0.2) is 0 Å². The van der Waals surface area contributed by atoms with Gasteiger partial charge in [-0.25, -0.2) is 4.39 Å². The molecule has 0 bridgehead atoms. The lowest BCUT2D eigenvalue weighted by Crippen LogP contribution is -2.30. The molecule has 1 aromatic heterocycles. The highest BCUT2D eigenvalue weighted by Crippen LogP contribution is 2.13. The Morgan fingerprint density at radius 1 is 1.20 bits per heavy atom. The highest BCUT2D eigenvalue weighted by Gasteiger charge is 2.14. The summed E-state index contributed by atoms with van der Waals surface area (Å²) in [5.41, 5.74) is 6.56. The van der Waals surface area contributed by atoms with Crippen molar-refractivity contribution in [2.45, 2.75) is 13.8 Å². The van der Waals surface area contributed by atoms with E-state index in [4.69, 9.17) is 5.73 Å². The Balaban J connectivity index is 0.00000200. The van der Waals surface area contributed by atoms with Gasteiger partial charge in [-0.3, -0.25) is 14.2 Å². The summed E-state index contributed by atoms with van der Waals surface area (Å²) >= 11 is 0. The molecule has 2 N–H and O–H groups in total. The Labute approximate surface area is 121 Å². The van der Waals surface area contributed by atoms with Crippen molar-refractivity contribution in [1.82, 2.24) is 4.57 Å². The number of carbonyl (C=O) groups is 1. The maximum absolute atomic E-state index is 12.9. The molecule has 106 valence electrons. The fourth-order valence-corrected chi connectivity index (χ4v) is 1.91. The highest BCUT2D eigenvalue weighted by molar-refractivity contribution is 5.92. The van der Waals surface area contributed by atoms with Gasteiger partial charge in [-0.2, -0.15) is 0 Å². The van der Waals surface area contributed by atoms with Crippen LogP contribution in [0.1, 0.15) is 21.6 Å². The first-order chi connectivity index (χ1) is 8.91. The molecule has 0 radical (unpaired) electrons. The highest BCUT2D eigenvalue weighted by atomic mass is 35.5. The SMILES string of the molecule is Cc1cc(C(N)=O)c(=O)n(-c2ccc(F)cc2)c1C.Cl. The molecular weight excluding hydrogens is 283 g/mol. The monoisotopic (exact) mass is 296 g/mol. The van der Waals surface area contributed by atoms with Gasteiger partial charge in [0.25, 0.3) is 11.5 Å². The van der Waals surface area contributed by atoms with Gasteiger partial charge in [-0.05, 0) is 49.7 Å². The molecule has 0 saturated carbocycles. The number of hydrogen-bond acceptors (Lipinski definition) is 2. The number of aryl methyl sites for hydroxylation is 1. The second kappa shape index (κ2) is 5.88. The number of nitrogens with zero attached hydrogens (tertiary/aromatic N) is 1. The molecule has 2 aromatic rings. The van der Waals surface area contributed by atoms with Crippen molar-refractivity contribution in [1.29, 1.82) is 0 Å². The van der Waals surface area contributed by atoms with E-state index in [9.17, 15) is 14.0 Å². The molecule has 1 aromatic carbocycles. The topological polar surface area (TPSA) is 65.1 Å². The second-order valence-electron chi connectivity index (χ2n) is 4.31. The van der Waals surface area contributed by atoms with Crippen LogP contribution in [0.4, 0.5) is 4.39 Å². The molecule has 2 rings (SSSR count). The van der Waals surface area contributed by atoms with Crippen LogP contribution >= 0.6 is 12.4 Å². The molecule has 0 atom stereocenters. The Bertz CT molecular complexity index is 708. The average molecular weight is 297 g/mol. The summed E-state index contributed by atoms with van der Waals surface area (Å²) in [6, 6.07) is 6.95. The molecule has 0 aliphatic carbocycles. The number of rotatable bonds is 2. The zero-order chi connectivity index (χ0) is 14.2. The molecular formula is C14H14ClFN2O2. The van der Waals surface area contributed by atoms with Crippen LogP contribution in [0, 0.1) is 19.7 Å². The number of amides is 1. The van der Waals surface area contributed by atoms with Crippen molar-refractivity contribution in [3.05, 3.63) is 63.3 Å². The molecule has 0 unspecified atom stereocenters. The molecule has 0 spiro atoms. The lowest BCUT2D eigenvalue weighted by Gasteiger charge is -2.13. The molecule has 0 aliphatic heterocycles. The Hall–Kier alpha value is -2.14. The Kier molecular flexibility index (Phi) is 4.68. The van der Waals surface area contributed by atoms with Crippen molar-refractivity contribution in [3.8, 4) is 5.69 Å². The van der Waals surface area contributed by atoms with Gasteiger partial charge in [0.1, 0.15) is 11.4 Å². The minimum Gasteiger partial charge on any atom is -0.365 e. The van der Waals surface area contributed by atoms with Crippen LogP contribution < -0.4 is 11.3 Å². The van der Waals surface area contributed by atoms with Crippen LogP contribution in [0.15, 0.2) is 35.1 Å². The zero-order valence-corrected chi connectivity index (χ0v) is 11.8. The zero-order valence-electron chi connectivity index (χ0n) is 11.0. The number of carbonyl (C=O) groups excluding carboxylic acids is 1. The van der Waals surface area contributed by atoms with E-state index in [1.54, 1.807) is 13.8 Å². The summed E-state index contributed by atoms with van der Waals surface area (Å²) in [4.78, 5) is 23.5. The Morgan fingerprint density at radius 3 is 2.25 bits per heavy atom. The van der Waals surface area contributed by atoms with E-state index in [2.05, 4.69) is 0 Å². The van der Waals surface area contributed by atoms with Crippen LogP contribution in [0.5, 0.6) is 0 Å². The molecule has 4 nitrogen and oxygen atoms in total. The van der Waals surface area contributed by atoms with Crippen LogP contribution in [-0.4, -0.2) is 10.5 Å². The van der Waals surface area contributed by atoms with E-state index in [1.165, 1.54) is 34.9 Å². The number of pyridine rings is 1. The van der Waals surface area contributed by atoms with E-state index in [1.807, 2.05) is 0 Å². The van der Waals surface area contributed by atoms with E-state index in [-0.39, 0.29) is 18.0 Å². The summed E-state index contributed by atoms with van der Waals surface area (Å²) in [6.07, 6.45) is 0. The minimum atomic E-state index is -0.774. The lowest BCUT2D eigenvalue weighted by molar-refractivity contribution is 0.0998. The second-order valence-corrected chi connectivity index (χ2v) is 4.31. The van der Waals surface area contributed by atoms with Gasteiger partial charge >= 0.3 is 0 Å². The third-order valence-electron chi connectivity index (χ3n) is 3.05. The largest absolute Gasteiger partial charge is 0.365 e. The maximum atomic E-state index is 12.9. The first-order valence-electron chi connectivity index (χ1n) is 5.71. The number of aromatic nitrogens is 1. The van der Waals surface area contributed by atoms with Gasteiger partial charge in [0, 0.05) is 11.4 Å². The summed E-state index contributed by atoms with van der Waals surface area (Å²) in [6.45, 7) is 3.53. The van der Waals surface area contributed by atoms with E-state index in [0.717, 1.165) is 5.56 Å². The fourth-order valence-electron chi connectivity index (χ4n) is 1.91. The summed E-state index contributed by atoms with van der Waals surface area (Å²) in [5.74, 6) is -1.17. The van der Waals surface area contributed by atoms with Crippen molar-refractivity contribution in [2.75, 3.05) is 0 Å². The molecule has 20 heavy (non-hydrogen) atoms. The normalized spacial score (nSPS) is 9.95. The standard InChI is InChI=1S/C14H13FN2O2.ClH/c1-8-7-12(13(16)18)14(19)17(9(8)2)11-5-3-10(15)4-6-11;/h3-7H,1-2H3,(H2,16,18);1H. The summed E-state index contributed by atoms with van der Waals surface area (Å²) in [7, 11) is 0. The predicted octanol–water partition coefficient (Wildman–Crippen LogP) is 2.11. The number of benzene rings is 1. The summed E-state index contributed by atoms with van der Waals surface area (Å²) < 4.78 is 14.3. The van der Waals surface area contributed by atoms with Gasteiger partial charge in [0.05, 0.1) is 0 Å². The molecule has 0 saturated heterocycles. The van der Waals surface area contributed by atoms with E-state index >= 15 is 0 Å². The Morgan fingerprint density at radius 2 is 1.75 bits per heavy atom. The number of halogens is 2. The van der Waals surface area contributed by atoms with Crippen molar-refractivity contribution in [3.63, 3.8) is 0 Å². The fraction of sp³-hybridized carbons (Fsp3) is 0.143. The molecule has 6 heteroatoms. The maximum Gasteiger partial charge on any atom is 0.268 e. The summed E-state index contributed by atoms with van der Waals surface area (Å²) in [5, 5.41) is 0. The number of nitrogens with two attached hydrogens (primary N) is 1. The van der Waals surface area contributed by atoms with E-state index in [0.29, 0.717) is 11.4 Å². The smallest absolute Gasteiger partial charge is 0.268 e. The minimum absolute atomic E-state index is 0. The van der Waals surface area contributed by atoms with Gasteiger partial charge < -0.3 is 5.73 Å². The van der Waals surface area contributed by atoms with Gasteiger partial charge in [-0.15, -0.1) is 12.4 Å². The number of primary amides is 1. The average Bonchev–Trinajstić information content (AvgIpc) is 2.36. The first kappa shape index (κ1) is 15.9. The van der Waals surface area contributed by atoms with Crippen molar-refractivity contribution >= 4 is 18.3 Å². The molecule has 0 fully saturated rings. The van der Waals surface area contributed by atoms with Crippen molar-refractivity contribution in [2.24, 2.45) is 5.73 Å². The third kappa shape index (κ3) is 2.72. The predicted molar refractivity (Wildman–Crippen MR) is 77.2 cm³/mol. The molecule has 1 heterocycles. The van der Waals surface area contributed by atoms with Gasteiger partial charge in [0.2, 0.25) is 0 Å². The van der Waals surface area contributed by atoms with Gasteiger partial charge in [-0.1, -0.05) is 0 Å². The first-order valence-corrected chi connectivity index (χ1v) is 5.71. The van der Waals surface area contributed by atoms with Crippen LogP contribution in [0.25, 0.3) is 5.69 Å². The lowest BCUT2D eigenvalue weighted by atomic mass is 10.1. The van der Waals surface area contributed by atoms with Crippen LogP contribution in [-0.2, 0) is 0 Å². The quantitative estimate of drug-likeness (QED) is 0.922. The molecule has 0 aliphatic rings. The van der Waals surface area contributed by atoms with Crippen LogP contribution in [0.3, 0.4) is 0 Å².